The molecule has 220 valence electrons. The van der Waals surface area contributed by atoms with Crippen LogP contribution < -0.4 is 25.0 Å². The van der Waals surface area contributed by atoms with Crippen LogP contribution in [0, 0.1) is 0 Å². The summed E-state index contributed by atoms with van der Waals surface area (Å²) in [4.78, 5) is 45.7. The van der Waals surface area contributed by atoms with Gasteiger partial charge in [0.15, 0.2) is 0 Å². The lowest BCUT2D eigenvalue weighted by atomic mass is 9.85. The van der Waals surface area contributed by atoms with Crippen LogP contribution in [0.3, 0.4) is 0 Å². The highest BCUT2D eigenvalue weighted by molar-refractivity contribution is 5.97. The van der Waals surface area contributed by atoms with Crippen LogP contribution >= 0.6 is 0 Å². The van der Waals surface area contributed by atoms with Gasteiger partial charge < -0.3 is 34.8 Å². The normalized spacial score (nSPS) is 16.7. The number of nitrogens with one attached hydrogen (secondary N) is 2. The van der Waals surface area contributed by atoms with Gasteiger partial charge in [0, 0.05) is 42.7 Å². The molecule has 3 aromatic rings. The predicted octanol–water partition coefficient (Wildman–Crippen LogP) is 4.25. The Hall–Kier alpha value is -4.73. The summed E-state index contributed by atoms with van der Waals surface area (Å²) in [5.74, 6) is 0.834. The Morgan fingerprint density at radius 1 is 0.905 bits per heavy atom. The molecular formula is C32H37N5O5. The molecule has 2 N–H and O–H groups in total. The molecule has 5 rings (SSSR count). The van der Waals surface area contributed by atoms with Gasteiger partial charge in [-0.2, -0.15) is 0 Å². The van der Waals surface area contributed by atoms with Crippen molar-refractivity contribution in [1.82, 2.24) is 15.1 Å². The van der Waals surface area contributed by atoms with Crippen LogP contribution in [0.4, 0.5) is 16.2 Å². The third-order valence-electron chi connectivity index (χ3n) is 8.07. The molecule has 3 aromatic carbocycles. The second-order valence-corrected chi connectivity index (χ2v) is 10.7. The Bertz CT molecular complexity index is 1390. The highest BCUT2D eigenvalue weighted by Crippen LogP contribution is 2.39. The minimum atomic E-state index is -0.845. The zero-order valence-electron chi connectivity index (χ0n) is 24.2. The monoisotopic (exact) mass is 571 g/mol. The van der Waals surface area contributed by atoms with Gasteiger partial charge in [-0.25, -0.2) is 4.79 Å². The van der Waals surface area contributed by atoms with Crippen LogP contribution in [0.5, 0.6) is 11.5 Å². The summed E-state index contributed by atoms with van der Waals surface area (Å²) in [6.45, 7) is 2.95. The lowest BCUT2D eigenvalue weighted by Crippen LogP contribution is -2.58. The quantitative estimate of drug-likeness (QED) is 0.419. The Labute approximate surface area is 246 Å². The lowest BCUT2D eigenvalue weighted by molar-refractivity contribution is -0.137. The molecule has 0 radical (unpaired) electrons. The molecule has 2 heterocycles. The predicted molar refractivity (Wildman–Crippen MR) is 161 cm³/mol. The maximum atomic E-state index is 14.0. The number of urea groups is 1. The van der Waals surface area contributed by atoms with E-state index in [1.165, 1.54) is 0 Å². The largest absolute Gasteiger partial charge is 0.497 e. The van der Waals surface area contributed by atoms with Gasteiger partial charge >= 0.3 is 6.03 Å². The van der Waals surface area contributed by atoms with Crippen molar-refractivity contribution in [2.24, 2.45) is 0 Å². The zero-order chi connectivity index (χ0) is 29.7. The summed E-state index contributed by atoms with van der Waals surface area (Å²) in [5, 5.41) is 5.95. The number of amides is 4. The lowest BCUT2D eigenvalue weighted by Gasteiger charge is -2.43. The van der Waals surface area contributed by atoms with Crippen LogP contribution in [-0.2, 0) is 9.59 Å². The fraction of sp³-hybridized carbons (Fsp3) is 0.344. The molecule has 1 spiro atoms. The maximum Gasteiger partial charge on any atom is 0.321 e. The molecule has 0 aliphatic carbocycles. The van der Waals surface area contributed by atoms with Crippen LogP contribution in [0.25, 0.3) is 0 Å². The van der Waals surface area contributed by atoms with Crippen molar-refractivity contribution >= 4 is 29.2 Å². The first-order valence-corrected chi connectivity index (χ1v) is 14.1. The fourth-order valence-electron chi connectivity index (χ4n) is 5.77. The van der Waals surface area contributed by atoms with Gasteiger partial charge in [0.1, 0.15) is 23.6 Å². The minimum Gasteiger partial charge on any atom is -0.497 e. The van der Waals surface area contributed by atoms with Crippen molar-refractivity contribution in [2.75, 3.05) is 50.7 Å². The van der Waals surface area contributed by atoms with E-state index < -0.39 is 5.54 Å². The number of carbonyl (C=O) groups is 3. The molecule has 42 heavy (non-hydrogen) atoms. The van der Waals surface area contributed by atoms with Crippen LogP contribution in [0.15, 0.2) is 78.9 Å². The molecule has 1 unspecified atom stereocenters. The van der Waals surface area contributed by atoms with Gasteiger partial charge in [-0.05, 0) is 37.5 Å². The third-order valence-corrected chi connectivity index (χ3v) is 8.07. The van der Waals surface area contributed by atoms with Gasteiger partial charge in [0.2, 0.25) is 5.91 Å². The summed E-state index contributed by atoms with van der Waals surface area (Å²) in [6, 6.07) is 24.3. The first-order valence-electron chi connectivity index (χ1n) is 14.1. The van der Waals surface area contributed by atoms with Gasteiger partial charge in [0.25, 0.3) is 5.91 Å². The molecule has 0 bridgehead atoms. The number of likely N-dealkylation sites (tertiary alicyclic amines) is 1. The molecule has 10 heteroatoms. The molecule has 2 fully saturated rings. The van der Waals surface area contributed by atoms with E-state index in [1.54, 1.807) is 42.2 Å². The first-order chi connectivity index (χ1) is 20.3. The molecule has 0 saturated carbocycles. The van der Waals surface area contributed by atoms with E-state index >= 15 is 0 Å². The SMILES string of the molecule is COc1cc(NC(=O)N2CCC3(CC2)C(=O)N(CC(=O)NC(C)c2ccccc2)CN3c2ccccc2)cc(OC)c1. The number of methoxy groups -OCH3 is 2. The Balaban J connectivity index is 1.28. The second kappa shape index (κ2) is 12.4. The zero-order valence-corrected chi connectivity index (χ0v) is 24.2. The Kier molecular flexibility index (Phi) is 8.51. The van der Waals surface area contributed by atoms with Crippen molar-refractivity contribution in [1.29, 1.82) is 0 Å². The van der Waals surface area contributed by atoms with Crippen molar-refractivity contribution in [3.63, 3.8) is 0 Å². The van der Waals surface area contributed by atoms with Crippen molar-refractivity contribution in [3.8, 4) is 11.5 Å². The van der Waals surface area contributed by atoms with Crippen molar-refractivity contribution in [2.45, 2.75) is 31.3 Å². The van der Waals surface area contributed by atoms with Gasteiger partial charge in [-0.3, -0.25) is 9.59 Å². The van der Waals surface area contributed by atoms with E-state index in [0.29, 0.717) is 49.8 Å². The molecule has 2 aliphatic heterocycles. The topological polar surface area (TPSA) is 103 Å². The number of ether oxygens (including phenoxy) is 2. The van der Waals surface area contributed by atoms with Crippen LogP contribution in [-0.4, -0.2) is 73.7 Å². The van der Waals surface area contributed by atoms with E-state index in [-0.39, 0.29) is 30.4 Å². The number of carbonyl (C=O) groups excluding carboxylic acids is 3. The number of para-hydroxylation sites is 1. The molecular weight excluding hydrogens is 534 g/mol. The highest BCUT2D eigenvalue weighted by atomic mass is 16.5. The maximum absolute atomic E-state index is 14.0. The molecule has 0 aromatic heterocycles. The average molecular weight is 572 g/mol. The molecule has 4 amide bonds. The summed E-state index contributed by atoms with van der Waals surface area (Å²) in [7, 11) is 3.11. The summed E-state index contributed by atoms with van der Waals surface area (Å²) >= 11 is 0. The Morgan fingerprint density at radius 3 is 2.10 bits per heavy atom. The summed E-state index contributed by atoms with van der Waals surface area (Å²) in [5.41, 5.74) is 1.62. The number of hydrogen-bond donors (Lipinski definition) is 2. The van der Waals surface area contributed by atoms with E-state index in [1.807, 2.05) is 67.6 Å². The summed E-state index contributed by atoms with van der Waals surface area (Å²) < 4.78 is 10.6. The number of benzene rings is 3. The fourth-order valence-corrected chi connectivity index (χ4v) is 5.77. The molecule has 1 atom stereocenters. The van der Waals surface area contributed by atoms with E-state index in [2.05, 4.69) is 15.5 Å². The molecule has 2 aliphatic rings. The third kappa shape index (κ3) is 5.97. The number of anilines is 2. The van der Waals surface area contributed by atoms with Gasteiger partial charge in [-0.15, -0.1) is 0 Å². The minimum absolute atomic E-state index is 0.0387. The Morgan fingerprint density at radius 2 is 1.50 bits per heavy atom. The number of rotatable bonds is 8. The number of piperidine rings is 1. The van der Waals surface area contributed by atoms with Crippen molar-refractivity contribution in [3.05, 3.63) is 84.4 Å². The second-order valence-electron chi connectivity index (χ2n) is 10.7. The van der Waals surface area contributed by atoms with E-state index in [4.69, 9.17) is 9.47 Å². The number of nitrogens with zero attached hydrogens (tertiary/aromatic N) is 3. The van der Waals surface area contributed by atoms with Gasteiger partial charge in [-0.1, -0.05) is 48.5 Å². The molecule has 2 saturated heterocycles. The van der Waals surface area contributed by atoms with E-state index in [9.17, 15) is 14.4 Å². The van der Waals surface area contributed by atoms with E-state index in [0.717, 1.165) is 11.3 Å². The molecule has 10 nitrogen and oxygen atoms in total. The number of hydrogen-bond acceptors (Lipinski definition) is 6. The highest BCUT2D eigenvalue weighted by Gasteiger charge is 2.54. The smallest absolute Gasteiger partial charge is 0.321 e. The van der Waals surface area contributed by atoms with Crippen molar-refractivity contribution < 1.29 is 23.9 Å². The van der Waals surface area contributed by atoms with Crippen LogP contribution in [0.2, 0.25) is 0 Å². The van der Waals surface area contributed by atoms with Gasteiger partial charge in [0.05, 0.1) is 26.9 Å². The standard InChI is InChI=1S/C32H37N5O5/c1-23(24-10-6-4-7-11-24)33-29(38)21-36-22-37(26-12-8-5-9-13-26)32(30(36)39)14-16-35(17-15-32)31(40)34-25-18-27(41-2)20-28(19-25)42-3/h4-13,18-20,23H,14-17,21-22H2,1-3H3,(H,33,38)(H,34,40). The summed E-state index contributed by atoms with van der Waals surface area (Å²) in [6.07, 6.45) is 0.877. The van der Waals surface area contributed by atoms with Crippen LogP contribution in [0.1, 0.15) is 31.4 Å². The first kappa shape index (κ1) is 28.8. The average Bonchev–Trinajstić information content (AvgIpc) is 3.27.